The van der Waals surface area contributed by atoms with Crippen molar-refractivity contribution in [3.05, 3.63) is 47.0 Å². The predicted molar refractivity (Wildman–Crippen MR) is 155 cm³/mol. The van der Waals surface area contributed by atoms with Gasteiger partial charge < -0.3 is 43.0 Å². The van der Waals surface area contributed by atoms with Crippen LogP contribution in [0.1, 0.15) is 69.9 Å². The number of ether oxygens (including phenoxy) is 8. The summed E-state index contributed by atoms with van der Waals surface area (Å²) in [6, 6.07) is 8.41. The van der Waals surface area contributed by atoms with Crippen molar-refractivity contribution in [3.63, 3.8) is 0 Å². The normalized spacial score (nSPS) is 23.5. The number of hydrogen-bond donors (Lipinski definition) is 1. The number of carbonyl (C=O) groups excluding carboxylic acids is 5. The molecule has 0 aromatic heterocycles. The average molecular weight is 645 g/mol. The van der Waals surface area contributed by atoms with Gasteiger partial charge in [-0.25, -0.2) is 0 Å². The summed E-state index contributed by atoms with van der Waals surface area (Å²) < 4.78 is 45.0. The van der Waals surface area contributed by atoms with Gasteiger partial charge in [-0.1, -0.05) is 12.1 Å². The predicted octanol–water partition coefficient (Wildman–Crippen LogP) is 3.19. The Balaban J connectivity index is 1.77. The molecule has 1 N–H and O–H groups in total. The van der Waals surface area contributed by atoms with E-state index in [1.165, 1.54) is 21.0 Å². The lowest BCUT2D eigenvalue weighted by molar-refractivity contribution is -0.254. The zero-order valence-corrected chi connectivity index (χ0v) is 26.2. The second kappa shape index (κ2) is 14.5. The number of aromatic hydroxyl groups is 1. The van der Waals surface area contributed by atoms with Crippen molar-refractivity contribution in [2.45, 2.75) is 84.1 Å². The van der Waals surface area contributed by atoms with Crippen molar-refractivity contribution >= 4 is 29.8 Å². The van der Waals surface area contributed by atoms with Crippen LogP contribution in [-0.4, -0.2) is 73.1 Å². The minimum absolute atomic E-state index is 0.0477. The molecule has 46 heavy (non-hydrogen) atoms. The highest BCUT2D eigenvalue weighted by Gasteiger charge is 2.54. The Bertz CT molecular complexity index is 1480. The van der Waals surface area contributed by atoms with Crippen LogP contribution in [0.25, 0.3) is 0 Å². The molecule has 2 aliphatic rings. The van der Waals surface area contributed by atoms with Crippen molar-refractivity contribution < 1.29 is 67.0 Å². The fraction of sp³-hybridized carbons (Fsp3) is 0.469. The van der Waals surface area contributed by atoms with E-state index in [1.54, 1.807) is 30.3 Å². The van der Waals surface area contributed by atoms with E-state index in [2.05, 4.69) is 0 Å². The van der Waals surface area contributed by atoms with E-state index in [0.29, 0.717) is 29.9 Å². The summed E-state index contributed by atoms with van der Waals surface area (Å²) in [7, 11) is 1.35. The van der Waals surface area contributed by atoms with Crippen LogP contribution in [0.3, 0.4) is 0 Å². The number of carbonyl (C=O) groups is 5. The number of rotatable bonds is 9. The lowest BCUT2D eigenvalue weighted by Crippen LogP contribution is -2.59. The first kappa shape index (κ1) is 34.0. The zero-order chi connectivity index (χ0) is 33.7. The Morgan fingerprint density at radius 3 is 2.00 bits per heavy atom. The monoisotopic (exact) mass is 644 g/mol. The van der Waals surface area contributed by atoms with E-state index in [1.807, 2.05) is 0 Å². The first-order valence-electron chi connectivity index (χ1n) is 14.5. The third-order valence-electron chi connectivity index (χ3n) is 7.30. The molecule has 14 nitrogen and oxygen atoms in total. The summed E-state index contributed by atoms with van der Waals surface area (Å²) in [5, 5.41) is 11.7. The Labute approximate surface area is 264 Å². The standard InChI is InChI=1S/C32H36O14/c1-15(33)40-14-26-29(42-17(3)35)31(43-18(4)36)32(44-19(5)37)30(46-26)27-25(39-6)13-24-22(28(27)38)11-12-23(45-24)20-7-9-21(10-8-20)41-16(2)34/h7-10,13,23,26,29-32,38H,11-12,14H2,1-6H3/t23?,26-,29-,30+,31+,32+/m1/s1. The molecular formula is C32H36O14. The van der Waals surface area contributed by atoms with Gasteiger partial charge in [0.15, 0.2) is 18.3 Å². The van der Waals surface area contributed by atoms with Gasteiger partial charge in [0.25, 0.3) is 0 Å². The van der Waals surface area contributed by atoms with Gasteiger partial charge >= 0.3 is 29.8 Å². The van der Waals surface area contributed by atoms with Crippen molar-refractivity contribution in [1.82, 2.24) is 0 Å². The van der Waals surface area contributed by atoms with E-state index in [4.69, 9.17) is 37.9 Å². The average Bonchev–Trinajstić information content (AvgIpc) is 2.97. The van der Waals surface area contributed by atoms with Crippen molar-refractivity contribution in [3.8, 4) is 23.0 Å². The first-order chi connectivity index (χ1) is 21.8. The topological polar surface area (TPSA) is 179 Å². The van der Waals surface area contributed by atoms with Gasteiger partial charge in [0.05, 0.1) is 12.7 Å². The molecule has 2 aromatic rings. The molecule has 6 atom stereocenters. The molecule has 1 fully saturated rings. The van der Waals surface area contributed by atoms with Crippen molar-refractivity contribution in [1.29, 1.82) is 0 Å². The highest BCUT2D eigenvalue weighted by Crippen LogP contribution is 2.50. The number of esters is 5. The number of hydrogen-bond acceptors (Lipinski definition) is 14. The SMILES string of the molecule is COc1cc2c(c(O)c1[C@@H]1O[C@H](COC(C)=O)[C@@H](OC(C)=O)[C@H](OC(C)=O)[C@H]1OC(C)=O)CCC(c1ccc(OC(C)=O)cc1)O2. The van der Waals surface area contributed by atoms with Gasteiger partial charge in [-0.05, 0) is 30.5 Å². The first-order valence-corrected chi connectivity index (χ1v) is 14.5. The number of phenolic OH excluding ortho intramolecular Hbond substituents is 1. The minimum Gasteiger partial charge on any atom is -0.507 e. The van der Waals surface area contributed by atoms with Crippen molar-refractivity contribution in [2.75, 3.05) is 13.7 Å². The molecule has 0 spiro atoms. The number of methoxy groups -OCH3 is 1. The Morgan fingerprint density at radius 2 is 1.43 bits per heavy atom. The molecule has 2 aromatic carbocycles. The maximum atomic E-state index is 12.3. The van der Waals surface area contributed by atoms with Gasteiger partial charge in [0.1, 0.15) is 47.9 Å². The molecule has 0 bridgehead atoms. The summed E-state index contributed by atoms with van der Waals surface area (Å²) >= 11 is 0. The molecular weight excluding hydrogens is 608 g/mol. The van der Waals surface area contributed by atoms with E-state index in [-0.39, 0.29) is 17.1 Å². The quantitative estimate of drug-likeness (QED) is 0.239. The van der Waals surface area contributed by atoms with E-state index >= 15 is 0 Å². The van der Waals surface area contributed by atoms with Crippen LogP contribution >= 0.6 is 0 Å². The molecule has 0 amide bonds. The summed E-state index contributed by atoms with van der Waals surface area (Å²) in [4.78, 5) is 59.6. The van der Waals surface area contributed by atoms with Gasteiger partial charge in [-0.3, -0.25) is 24.0 Å². The lowest BCUT2D eigenvalue weighted by Gasteiger charge is -2.45. The van der Waals surface area contributed by atoms with Crippen LogP contribution in [0.2, 0.25) is 0 Å². The maximum absolute atomic E-state index is 12.3. The summed E-state index contributed by atoms with van der Waals surface area (Å²) in [6.45, 7) is 5.43. The molecule has 0 radical (unpaired) electrons. The van der Waals surface area contributed by atoms with Crippen LogP contribution in [-0.2, 0) is 54.1 Å². The van der Waals surface area contributed by atoms with E-state index in [0.717, 1.165) is 26.3 Å². The largest absolute Gasteiger partial charge is 0.507 e. The summed E-state index contributed by atoms with van der Waals surface area (Å²) in [5.74, 6) is -2.90. The molecule has 0 aliphatic carbocycles. The van der Waals surface area contributed by atoms with Gasteiger partial charge in [0.2, 0.25) is 0 Å². The summed E-state index contributed by atoms with van der Waals surface area (Å²) in [6.07, 6.45) is -6.40. The number of benzene rings is 2. The highest BCUT2D eigenvalue weighted by atomic mass is 16.7. The number of phenols is 1. The Hall–Kier alpha value is -4.85. The smallest absolute Gasteiger partial charge is 0.308 e. The molecule has 248 valence electrons. The molecule has 1 unspecified atom stereocenters. The fourth-order valence-electron chi connectivity index (χ4n) is 5.57. The van der Waals surface area contributed by atoms with Gasteiger partial charge in [0, 0.05) is 46.2 Å². The van der Waals surface area contributed by atoms with E-state index < -0.39 is 73.1 Å². The van der Waals surface area contributed by atoms with Gasteiger partial charge in [-0.2, -0.15) is 0 Å². The summed E-state index contributed by atoms with van der Waals surface area (Å²) in [5.41, 5.74) is 1.27. The maximum Gasteiger partial charge on any atom is 0.308 e. The second-order valence-corrected chi connectivity index (χ2v) is 10.7. The highest BCUT2D eigenvalue weighted by molar-refractivity contribution is 5.70. The molecule has 0 saturated carbocycles. The fourth-order valence-corrected chi connectivity index (χ4v) is 5.57. The minimum atomic E-state index is -1.44. The molecule has 4 rings (SSSR count). The van der Waals surface area contributed by atoms with Crippen LogP contribution in [0.5, 0.6) is 23.0 Å². The number of fused-ring (bicyclic) bond motifs is 1. The second-order valence-electron chi connectivity index (χ2n) is 10.7. The van der Waals surface area contributed by atoms with Crippen LogP contribution in [0, 0.1) is 0 Å². The third-order valence-corrected chi connectivity index (χ3v) is 7.30. The van der Waals surface area contributed by atoms with Crippen LogP contribution in [0.4, 0.5) is 0 Å². The van der Waals surface area contributed by atoms with E-state index in [9.17, 15) is 29.1 Å². The van der Waals surface area contributed by atoms with Crippen LogP contribution < -0.4 is 14.2 Å². The lowest BCUT2D eigenvalue weighted by atomic mass is 9.87. The Morgan fingerprint density at radius 1 is 0.826 bits per heavy atom. The molecule has 1 saturated heterocycles. The van der Waals surface area contributed by atoms with Crippen LogP contribution in [0.15, 0.2) is 30.3 Å². The zero-order valence-electron chi connectivity index (χ0n) is 26.2. The van der Waals surface area contributed by atoms with Gasteiger partial charge in [-0.15, -0.1) is 0 Å². The third kappa shape index (κ3) is 7.86. The van der Waals surface area contributed by atoms with Crippen molar-refractivity contribution in [2.24, 2.45) is 0 Å². The Kier molecular flexibility index (Phi) is 10.7. The molecule has 2 aliphatic heterocycles. The molecule has 14 heteroatoms. The molecule has 2 heterocycles.